The molecule has 0 aromatic carbocycles. The van der Waals surface area contributed by atoms with Crippen molar-refractivity contribution in [1.82, 2.24) is 4.90 Å². The van der Waals surface area contributed by atoms with Gasteiger partial charge in [0.1, 0.15) is 5.60 Å². The lowest BCUT2D eigenvalue weighted by Crippen LogP contribution is -2.48. The van der Waals surface area contributed by atoms with Gasteiger partial charge in [0.2, 0.25) is 0 Å². The van der Waals surface area contributed by atoms with Crippen LogP contribution in [0.3, 0.4) is 0 Å². The quantitative estimate of drug-likeness (QED) is 0.864. The van der Waals surface area contributed by atoms with Gasteiger partial charge in [-0.2, -0.15) is 0 Å². The minimum absolute atomic E-state index is 0.0512. The average Bonchev–Trinajstić information content (AvgIpc) is 2.26. The summed E-state index contributed by atoms with van der Waals surface area (Å²) in [6, 6.07) is -0.0512. The van der Waals surface area contributed by atoms with Crippen LogP contribution in [0.2, 0.25) is 0 Å². The van der Waals surface area contributed by atoms with Crippen molar-refractivity contribution in [2.24, 2.45) is 5.41 Å². The molecule has 0 saturated carbocycles. The maximum absolute atomic E-state index is 12.2. The van der Waals surface area contributed by atoms with Gasteiger partial charge in [-0.25, -0.2) is 4.79 Å². The van der Waals surface area contributed by atoms with E-state index < -0.39 is 17.0 Å². The Morgan fingerprint density at radius 2 is 1.80 bits per heavy atom. The number of ether oxygens (including phenoxy) is 1. The van der Waals surface area contributed by atoms with Crippen molar-refractivity contribution >= 4 is 12.1 Å². The second kappa shape index (κ2) is 6.02. The van der Waals surface area contributed by atoms with E-state index in [0.717, 1.165) is 19.3 Å². The van der Waals surface area contributed by atoms with Crippen molar-refractivity contribution in [2.45, 2.75) is 71.9 Å². The number of carboxylic acids is 1. The van der Waals surface area contributed by atoms with E-state index in [9.17, 15) is 14.7 Å². The number of carbonyl (C=O) groups excluding carboxylic acids is 1. The monoisotopic (exact) mass is 285 g/mol. The summed E-state index contributed by atoms with van der Waals surface area (Å²) in [4.78, 5) is 25.2. The summed E-state index contributed by atoms with van der Waals surface area (Å²) in [5, 5.41) is 9.25. The number of aliphatic carboxylic acids is 1. The molecule has 1 rings (SSSR count). The molecule has 0 radical (unpaired) electrons. The lowest BCUT2D eigenvalue weighted by molar-refractivity contribution is -0.148. The van der Waals surface area contributed by atoms with Gasteiger partial charge in [0.15, 0.2) is 0 Å². The van der Waals surface area contributed by atoms with Gasteiger partial charge in [-0.15, -0.1) is 0 Å². The molecule has 5 heteroatoms. The number of carbonyl (C=O) groups is 2. The molecule has 1 fully saturated rings. The van der Waals surface area contributed by atoms with Crippen LogP contribution < -0.4 is 0 Å². The highest BCUT2D eigenvalue weighted by Crippen LogP contribution is 2.31. The molecule has 20 heavy (non-hydrogen) atoms. The van der Waals surface area contributed by atoms with E-state index in [2.05, 4.69) is 0 Å². The number of nitrogens with zero attached hydrogens (tertiary/aromatic N) is 1. The smallest absolute Gasteiger partial charge is 0.410 e. The van der Waals surface area contributed by atoms with Gasteiger partial charge >= 0.3 is 12.1 Å². The van der Waals surface area contributed by atoms with Crippen molar-refractivity contribution in [3.8, 4) is 0 Å². The third-order valence-electron chi connectivity index (χ3n) is 3.58. The highest BCUT2D eigenvalue weighted by atomic mass is 16.6. The highest BCUT2D eigenvalue weighted by Gasteiger charge is 2.37. The molecular formula is C15H27NO4. The van der Waals surface area contributed by atoms with Gasteiger partial charge in [0.05, 0.1) is 5.41 Å². The van der Waals surface area contributed by atoms with Crippen molar-refractivity contribution in [2.75, 3.05) is 6.54 Å². The van der Waals surface area contributed by atoms with Crippen molar-refractivity contribution < 1.29 is 19.4 Å². The zero-order chi connectivity index (χ0) is 15.6. The summed E-state index contributed by atoms with van der Waals surface area (Å²) < 4.78 is 5.42. The Kier molecular flexibility index (Phi) is 5.05. The van der Waals surface area contributed by atoms with E-state index in [0.29, 0.717) is 13.0 Å². The fourth-order valence-electron chi connectivity index (χ4n) is 2.45. The number of carboxylic acid groups (broad SMARTS) is 1. The fraction of sp³-hybridized carbons (Fsp3) is 0.867. The number of hydrogen-bond acceptors (Lipinski definition) is 3. The van der Waals surface area contributed by atoms with Crippen molar-refractivity contribution in [1.29, 1.82) is 0 Å². The largest absolute Gasteiger partial charge is 0.481 e. The third-order valence-corrected chi connectivity index (χ3v) is 3.58. The van der Waals surface area contributed by atoms with Crippen LogP contribution in [0, 0.1) is 5.41 Å². The lowest BCUT2D eigenvalue weighted by atomic mass is 9.82. The molecule has 0 aliphatic carbocycles. The van der Waals surface area contributed by atoms with Crippen LogP contribution in [0.4, 0.5) is 4.79 Å². The number of rotatable bonds is 3. The summed E-state index contributed by atoms with van der Waals surface area (Å²) in [7, 11) is 0. The Bertz CT molecular complexity index is 371. The van der Waals surface area contributed by atoms with Gasteiger partial charge < -0.3 is 14.7 Å². The first-order valence-electron chi connectivity index (χ1n) is 7.26. The van der Waals surface area contributed by atoms with Gasteiger partial charge in [0.25, 0.3) is 0 Å². The van der Waals surface area contributed by atoms with Crippen LogP contribution in [0.15, 0.2) is 0 Å². The zero-order valence-electron chi connectivity index (χ0n) is 13.2. The second-order valence-corrected chi connectivity index (χ2v) is 7.22. The number of hydrogen-bond donors (Lipinski definition) is 1. The SMILES string of the molecule is CC(C)(C)OC(=O)N1CCCCC1CC(C)(C)C(=O)O. The molecule has 1 unspecified atom stereocenters. The fourth-order valence-corrected chi connectivity index (χ4v) is 2.45. The molecular weight excluding hydrogens is 258 g/mol. The van der Waals surface area contributed by atoms with Gasteiger partial charge in [-0.05, 0) is 60.3 Å². The number of likely N-dealkylation sites (tertiary alicyclic amines) is 1. The predicted octanol–water partition coefficient (Wildman–Crippen LogP) is 3.28. The Hall–Kier alpha value is -1.26. The van der Waals surface area contributed by atoms with Crippen molar-refractivity contribution in [3.63, 3.8) is 0 Å². The molecule has 0 aromatic heterocycles. The van der Waals surface area contributed by atoms with Crippen molar-refractivity contribution in [3.05, 3.63) is 0 Å². The van der Waals surface area contributed by atoms with Crippen LogP contribution in [-0.2, 0) is 9.53 Å². The van der Waals surface area contributed by atoms with E-state index in [1.165, 1.54) is 0 Å². The molecule has 1 N–H and O–H groups in total. The molecule has 0 spiro atoms. The van der Waals surface area contributed by atoms with Crippen LogP contribution >= 0.6 is 0 Å². The first-order chi connectivity index (χ1) is 9.03. The highest BCUT2D eigenvalue weighted by molar-refractivity contribution is 5.74. The molecule has 1 saturated heterocycles. The topological polar surface area (TPSA) is 66.8 Å². The minimum atomic E-state index is -0.831. The lowest BCUT2D eigenvalue weighted by Gasteiger charge is -2.39. The molecule has 116 valence electrons. The Balaban J connectivity index is 2.77. The zero-order valence-corrected chi connectivity index (χ0v) is 13.2. The number of piperidine rings is 1. The Morgan fingerprint density at radius 3 is 2.30 bits per heavy atom. The average molecular weight is 285 g/mol. The minimum Gasteiger partial charge on any atom is -0.481 e. The predicted molar refractivity (Wildman–Crippen MR) is 76.6 cm³/mol. The molecule has 5 nitrogen and oxygen atoms in total. The summed E-state index contributed by atoms with van der Waals surface area (Å²) in [5.74, 6) is -0.827. The number of amides is 1. The van der Waals surface area contributed by atoms with E-state index in [1.807, 2.05) is 20.8 Å². The Morgan fingerprint density at radius 1 is 1.20 bits per heavy atom. The molecule has 1 amide bonds. The molecule has 0 aromatic rings. The first-order valence-corrected chi connectivity index (χ1v) is 7.26. The Labute approximate surface area is 121 Å². The molecule has 1 heterocycles. The summed E-state index contributed by atoms with van der Waals surface area (Å²) in [6.07, 6.45) is 2.95. The molecule has 1 atom stereocenters. The van der Waals surface area contributed by atoms with Gasteiger partial charge in [0, 0.05) is 12.6 Å². The van der Waals surface area contributed by atoms with E-state index in [4.69, 9.17) is 4.74 Å². The molecule has 1 aliphatic heterocycles. The van der Waals surface area contributed by atoms with E-state index in [-0.39, 0.29) is 12.1 Å². The second-order valence-electron chi connectivity index (χ2n) is 7.22. The first kappa shape index (κ1) is 16.8. The maximum atomic E-state index is 12.2. The maximum Gasteiger partial charge on any atom is 0.410 e. The standard InChI is InChI=1S/C15H27NO4/c1-14(2,3)20-13(19)16-9-7-6-8-11(16)10-15(4,5)12(17)18/h11H,6-10H2,1-5H3,(H,17,18). The van der Waals surface area contributed by atoms with Crippen LogP contribution in [0.5, 0.6) is 0 Å². The molecule has 1 aliphatic rings. The van der Waals surface area contributed by atoms with Gasteiger partial charge in [-0.3, -0.25) is 4.79 Å². The van der Waals surface area contributed by atoms with Crippen LogP contribution in [0.25, 0.3) is 0 Å². The van der Waals surface area contributed by atoms with E-state index >= 15 is 0 Å². The van der Waals surface area contributed by atoms with Crippen LogP contribution in [0.1, 0.15) is 60.3 Å². The normalized spacial score (nSPS) is 20.6. The summed E-state index contributed by atoms with van der Waals surface area (Å²) in [6.45, 7) is 9.57. The van der Waals surface area contributed by atoms with Crippen LogP contribution in [-0.4, -0.2) is 40.3 Å². The van der Waals surface area contributed by atoms with E-state index in [1.54, 1.807) is 18.7 Å². The summed E-state index contributed by atoms with van der Waals surface area (Å²) in [5.41, 5.74) is -1.36. The third kappa shape index (κ3) is 4.69. The summed E-state index contributed by atoms with van der Waals surface area (Å²) >= 11 is 0. The molecule has 0 bridgehead atoms. The van der Waals surface area contributed by atoms with Gasteiger partial charge in [-0.1, -0.05) is 0 Å².